The molecule has 25 heavy (non-hydrogen) atoms. The Hall–Kier alpha value is -2.38. The molecule has 0 aromatic carbocycles. The summed E-state index contributed by atoms with van der Waals surface area (Å²) in [5, 5.41) is 0. The first-order valence-electron chi connectivity index (χ1n) is 8.78. The molecule has 8 heteroatoms. The maximum atomic E-state index is 12.8. The minimum atomic E-state index is -0.520. The SMILES string of the molecule is CC(=O)C(C)n1c(N2CCCCCC2)nc2c1c(=O)n(C)c(=O)n2C. The normalized spacial score (nSPS) is 16.9. The fraction of sp³-hybridized carbons (Fsp3) is 0.647. The van der Waals surface area contributed by atoms with Crippen LogP contribution < -0.4 is 16.1 Å². The van der Waals surface area contributed by atoms with Crippen LogP contribution in [0.2, 0.25) is 0 Å². The van der Waals surface area contributed by atoms with Gasteiger partial charge in [0, 0.05) is 27.2 Å². The number of aryl methyl sites for hydroxylation is 1. The van der Waals surface area contributed by atoms with Crippen molar-refractivity contribution in [3.8, 4) is 0 Å². The molecule has 0 amide bonds. The third-order valence-electron chi connectivity index (χ3n) is 5.14. The number of anilines is 1. The highest BCUT2D eigenvalue weighted by atomic mass is 16.2. The van der Waals surface area contributed by atoms with E-state index in [4.69, 9.17) is 0 Å². The van der Waals surface area contributed by atoms with Gasteiger partial charge in [0.1, 0.15) is 0 Å². The molecule has 1 saturated heterocycles. The average molecular weight is 347 g/mol. The van der Waals surface area contributed by atoms with Gasteiger partial charge in [0.15, 0.2) is 16.9 Å². The van der Waals surface area contributed by atoms with E-state index in [1.165, 1.54) is 31.4 Å². The Bertz CT molecular complexity index is 928. The lowest BCUT2D eigenvalue weighted by Gasteiger charge is -2.24. The third-order valence-corrected chi connectivity index (χ3v) is 5.14. The molecule has 136 valence electrons. The second-order valence-corrected chi connectivity index (χ2v) is 6.85. The van der Waals surface area contributed by atoms with Crippen LogP contribution in [-0.2, 0) is 18.9 Å². The van der Waals surface area contributed by atoms with Gasteiger partial charge in [-0.2, -0.15) is 4.98 Å². The van der Waals surface area contributed by atoms with Crippen LogP contribution in [0.25, 0.3) is 11.2 Å². The fourth-order valence-electron chi connectivity index (χ4n) is 3.45. The lowest BCUT2D eigenvalue weighted by atomic mass is 10.2. The smallest absolute Gasteiger partial charge is 0.332 e. The maximum absolute atomic E-state index is 12.8. The topological polar surface area (TPSA) is 82.1 Å². The second-order valence-electron chi connectivity index (χ2n) is 6.85. The molecule has 0 radical (unpaired) electrons. The summed E-state index contributed by atoms with van der Waals surface area (Å²) < 4.78 is 4.16. The molecule has 1 aliphatic heterocycles. The number of carbonyl (C=O) groups is 1. The van der Waals surface area contributed by atoms with Gasteiger partial charge in [-0.15, -0.1) is 0 Å². The molecule has 1 aliphatic rings. The summed E-state index contributed by atoms with van der Waals surface area (Å²) in [6.45, 7) is 4.95. The van der Waals surface area contributed by atoms with Crippen molar-refractivity contribution in [1.82, 2.24) is 18.7 Å². The quantitative estimate of drug-likeness (QED) is 0.826. The molecule has 0 N–H and O–H groups in total. The Labute approximate surface area is 145 Å². The van der Waals surface area contributed by atoms with Crippen LogP contribution in [0.15, 0.2) is 9.59 Å². The molecule has 0 saturated carbocycles. The van der Waals surface area contributed by atoms with Crippen LogP contribution in [0.3, 0.4) is 0 Å². The Balaban J connectivity index is 2.36. The molecule has 1 atom stereocenters. The summed E-state index contributed by atoms with van der Waals surface area (Å²) in [6, 6.07) is -0.520. The van der Waals surface area contributed by atoms with Crippen molar-refractivity contribution < 1.29 is 4.79 Å². The predicted octanol–water partition coefficient (Wildman–Crippen LogP) is 0.964. The molecule has 0 spiro atoms. The minimum Gasteiger partial charge on any atom is -0.342 e. The first-order valence-corrected chi connectivity index (χ1v) is 8.78. The number of Topliss-reactive ketones (excluding diaryl/α,β-unsaturated/α-hetero) is 1. The van der Waals surface area contributed by atoms with Gasteiger partial charge in [0.25, 0.3) is 5.56 Å². The van der Waals surface area contributed by atoms with Crippen LogP contribution in [-0.4, -0.2) is 37.6 Å². The molecule has 2 aromatic heterocycles. The van der Waals surface area contributed by atoms with Gasteiger partial charge in [0.05, 0.1) is 6.04 Å². The zero-order valence-corrected chi connectivity index (χ0v) is 15.3. The van der Waals surface area contributed by atoms with E-state index in [0.717, 1.165) is 30.5 Å². The Kier molecular flexibility index (Phi) is 4.53. The van der Waals surface area contributed by atoms with Crippen molar-refractivity contribution in [3.63, 3.8) is 0 Å². The van der Waals surface area contributed by atoms with E-state index in [0.29, 0.717) is 17.1 Å². The molecule has 3 rings (SSSR count). The van der Waals surface area contributed by atoms with E-state index >= 15 is 0 Å². The van der Waals surface area contributed by atoms with Crippen molar-refractivity contribution in [2.75, 3.05) is 18.0 Å². The number of carbonyl (C=O) groups excluding carboxylic acids is 1. The van der Waals surface area contributed by atoms with Gasteiger partial charge in [-0.25, -0.2) is 4.79 Å². The zero-order chi connectivity index (χ0) is 18.3. The Morgan fingerprint density at radius 1 is 1.04 bits per heavy atom. The van der Waals surface area contributed by atoms with E-state index in [9.17, 15) is 14.4 Å². The number of hydrogen-bond donors (Lipinski definition) is 0. The van der Waals surface area contributed by atoms with Crippen molar-refractivity contribution in [1.29, 1.82) is 0 Å². The van der Waals surface area contributed by atoms with E-state index in [2.05, 4.69) is 9.88 Å². The van der Waals surface area contributed by atoms with Gasteiger partial charge in [-0.1, -0.05) is 12.8 Å². The highest BCUT2D eigenvalue weighted by Crippen LogP contribution is 2.26. The molecule has 1 fully saturated rings. The van der Waals surface area contributed by atoms with Crippen LogP contribution in [0, 0.1) is 0 Å². The number of imidazole rings is 1. The fourth-order valence-corrected chi connectivity index (χ4v) is 3.45. The third kappa shape index (κ3) is 2.79. The highest BCUT2D eigenvalue weighted by molar-refractivity contribution is 5.84. The summed E-state index contributed by atoms with van der Waals surface area (Å²) >= 11 is 0. The summed E-state index contributed by atoms with van der Waals surface area (Å²) in [5.74, 6) is 0.559. The molecule has 1 unspecified atom stereocenters. The number of rotatable bonds is 3. The van der Waals surface area contributed by atoms with Gasteiger partial charge >= 0.3 is 5.69 Å². The first-order chi connectivity index (χ1) is 11.8. The molecule has 2 aromatic rings. The van der Waals surface area contributed by atoms with Crippen LogP contribution in [0.1, 0.15) is 45.6 Å². The first kappa shape index (κ1) is 17.4. The summed E-state index contributed by atoms with van der Waals surface area (Å²) in [6.07, 6.45) is 4.43. The summed E-state index contributed by atoms with van der Waals surface area (Å²) in [4.78, 5) is 43.9. The van der Waals surface area contributed by atoms with E-state index in [-0.39, 0.29) is 5.78 Å². The van der Waals surface area contributed by atoms with Gasteiger partial charge in [-0.05, 0) is 26.7 Å². The predicted molar refractivity (Wildman–Crippen MR) is 96.3 cm³/mol. The number of fused-ring (bicyclic) bond motifs is 1. The lowest BCUT2D eigenvalue weighted by Crippen LogP contribution is -2.38. The van der Waals surface area contributed by atoms with Crippen LogP contribution in [0.4, 0.5) is 5.95 Å². The zero-order valence-electron chi connectivity index (χ0n) is 15.3. The molecule has 0 bridgehead atoms. The molecule has 0 aliphatic carbocycles. The van der Waals surface area contributed by atoms with Crippen LogP contribution in [0.5, 0.6) is 0 Å². The molecular formula is C17H25N5O3. The summed E-state index contributed by atoms with van der Waals surface area (Å²) in [7, 11) is 3.05. The van der Waals surface area contributed by atoms with Gasteiger partial charge in [0.2, 0.25) is 5.95 Å². The van der Waals surface area contributed by atoms with Crippen molar-refractivity contribution >= 4 is 22.9 Å². The van der Waals surface area contributed by atoms with Gasteiger partial charge < -0.3 is 4.90 Å². The van der Waals surface area contributed by atoms with Gasteiger partial charge in [-0.3, -0.25) is 23.3 Å². The van der Waals surface area contributed by atoms with Crippen molar-refractivity contribution in [2.24, 2.45) is 14.1 Å². The van der Waals surface area contributed by atoms with Crippen molar-refractivity contribution in [2.45, 2.75) is 45.6 Å². The Morgan fingerprint density at radius 2 is 1.64 bits per heavy atom. The molecule has 3 heterocycles. The molecule has 8 nitrogen and oxygen atoms in total. The van der Waals surface area contributed by atoms with E-state index in [1.54, 1.807) is 18.5 Å². The van der Waals surface area contributed by atoms with E-state index < -0.39 is 17.3 Å². The largest absolute Gasteiger partial charge is 0.342 e. The number of hydrogen-bond acceptors (Lipinski definition) is 5. The minimum absolute atomic E-state index is 0.0497. The number of aromatic nitrogens is 4. The number of nitrogens with zero attached hydrogens (tertiary/aromatic N) is 5. The highest BCUT2D eigenvalue weighted by Gasteiger charge is 2.27. The monoisotopic (exact) mass is 347 g/mol. The van der Waals surface area contributed by atoms with E-state index in [1.807, 2.05) is 0 Å². The summed E-state index contributed by atoms with van der Waals surface area (Å²) in [5.41, 5.74) is -0.188. The maximum Gasteiger partial charge on any atom is 0.332 e. The standard InChI is InChI=1S/C17H25N5O3/c1-11(12(2)23)22-13-14(19(3)17(25)20(4)15(13)24)18-16(22)21-9-7-5-6-8-10-21/h11H,5-10H2,1-4H3. The Morgan fingerprint density at radius 3 is 2.20 bits per heavy atom. The van der Waals surface area contributed by atoms with Crippen LogP contribution >= 0.6 is 0 Å². The van der Waals surface area contributed by atoms with Crippen molar-refractivity contribution in [3.05, 3.63) is 20.8 Å². The average Bonchev–Trinajstić information content (AvgIpc) is 2.78. The number of ketones is 1. The second kappa shape index (κ2) is 6.50. The lowest BCUT2D eigenvalue weighted by molar-refractivity contribution is -0.119. The molecular weight excluding hydrogens is 322 g/mol.